The largest absolute Gasteiger partial charge is 0.396 e. The number of sulfone groups is 1. The molecule has 0 unspecified atom stereocenters. The third-order valence-corrected chi connectivity index (χ3v) is 4.02. The van der Waals surface area contributed by atoms with Crippen LogP contribution in [-0.4, -0.2) is 42.8 Å². The van der Waals surface area contributed by atoms with E-state index in [4.69, 9.17) is 5.11 Å². The van der Waals surface area contributed by atoms with Crippen molar-refractivity contribution in [2.24, 2.45) is 5.92 Å². The van der Waals surface area contributed by atoms with Crippen molar-refractivity contribution in [1.29, 1.82) is 0 Å². The molecule has 0 aliphatic carbocycles. The predicted octanol–water partition coefficient (Wildman–Crippen LogP) is -0.836. The Morgan fingerprint density at radius 1 is 1.25 bits per heavy atom. The van der Waals surface area contributed by atoms with E-state index in [0.717, 1.165) is 0 Å². The maximum absolute atomic E-state index is 11.1. The van der Waals surface area contributed by atoms with Crippen molar-refractivity contribution < 1.29 is 18.6 Å². The summed E-state index contributed by atoms with van der Waals surface area (Å²) >= 11 is 0. The minimum Gasteiger partial charge on any atom is -0.396 e. The Labute approximate surface area is 72.1 Å². The molecule has 12 heavy (non-hydrogen) atoms. The van der Waals surface area contributed by atoms with Crippen molar-refractivity contribution in [2.45, 2.75) is 18.9 Å². The first-order valence-corrected chi connectivity index (χ1v) is 5.86. The molecule has 1 fully saturated rings. The summed E-state index contributed by atoms with van der Waals surface area (Å²) in [7, 11) is -2.97. The Hall–Kier alpha value is -0.130. The van der Waals surface area contributed by atoms with Gasteiger partial charge in [0, 0.05) is 12.5 Å². The monoisotopic (exact) mass is 194 g/mol. The van der Waals surface area contributed by atoms with E-state index in [1.165, 1.54) is 0 Å². The molecule has 0 bridgehead atoms. The van der Waals surface area contributed by atoms with E-state index < -0.39 is 15.9 Å². The van der Waals surface area contributed by atoms with Gasteiger partial charge in [0.15, 0.2) is 0 Å². The standard InChI is InChI=1S/C7H14O4S/c8-5-6-1-3-12(10,11)4-2-7(6)9/h6-9H,1-5H2/t6-,7+/m1/s1. The fourth-order valence-electron chi connectivity index (χ4n) is 1.37. The van der Waals surface area contributed by atoms with Gasteiger partial charge in [0.25, 0.3) is 0 Å². The first kappa shape index (κ1) is 9.95. The average molecular weight is 194 g/mol. The van der Waals surface area contributed by atoms with Crippen molar-refractivity contribution in [3.8, 4) is 0 Å². The summed E-state index contributed by atoms with van der Waals surface area (Å²) in [4.78, 5) is 0. The predicted molar refractivity (Wildman–Crippen MR) is 44.5 cm³/mol. The van der Waals surface area contributed by atoms with Crippen LogP contribution in [0, 0.1) is 5.92 Å². The van der Waals surface area contributed by atoms with Crippen LogP contribution in [0.5, 0.6) is 0 Å². The first-order chi connectivity index (χ1) is 5.55. The van der Waals surface area contributed by atoms with Gasteiger partial charge in [-0.25, -0.2) is 8.42 Å². The van der Waals surface area contributed by atoms with Gasteiger partial charge >= 0.3 is 0 Å². The van der Waals surface area contributed by atoms with E-state index in [9.17, 15) is 13.5 Å². The van der Waals surface area contributed by atoms with Gasteiger partial charge in [-0.2, -0.15) is 0 Å². The summed E-state index contributed by atoms with van der Waals surface area (Å²) in [5.74, 6) is -0.123. The highest BCUT2D eigenvalue weighted by Crippen LogP contribution is 2.18. The second kappa shape index (κ2) is 3.72. The van der Waals surface area contributed by atoms with Gasteiger partial charge in [-0.15, -0.1) is 0 Å². The van der Waals surface area contributed by atoms with Crippen LogP contribution in [0.3, 0.4) is 0 Å². The summed E-state index contributed by atoms with van der Waals surface area (Å²) in [5, 5.41) is 18.2. The Balaban J connectivity index is 2.65. The van der Waals surface area contributed by atoms with Gasteiger partial charge in [-0.1, -0.05) is 0 Å². The zero-order valence-electron chi connectivity index (χ0n) is 6.81. The molecule has 1 saturated heterocycles. The fourth-order valence-corrected chi connectivity index (χ4v) is 2.84. The summed E-state index contributed by atoms with van der Waals surface area (Å²) in [5.41, 5.74) is 0. The molecule has 0 radical (unpaired) electrons. The van der Waals surface area contributed by atoms with Gasteiger partial charge in [0.2, 0.25) is 0 Å². The quantitative estimate of drug-likeness (QED) is 0.571. The molecule has 0 spiro atoms. The molecule has 4 nitrogen and oxygen atoms in total. The van der Waals surface area contributed by atoms with Crippen LogP contribution in [0.25, 0.3) is 0 Å². The lowest BCUT2D eigenvalue weighted by molar-refractivity contribution is 0.0656. The minimum atomic E-state index is -2.97. The maximum Gasteiger partial charge on any atom is 0.150 e. The molecule has 72 valence electrons. The molecule has 0 aromatic carbocycles. The van der Waals surface area contributed by atoms with Crippen molar-refractivity contribution in [3.05, 3.63) is 0 Å². The van der Waals surface area contributed by atoms with Crippen LogP contribution in [0.4, 0.5) is 0 Å². The molecule has 5 heteroatoms. The van der Waals surface area contributed by atoms with E-state index in [-0.39, 0.29) is 30.5 Å². The Bertz CT molecular complexity index is 234. The van der Waals surface area contributed by atoms with Crippen LogP contribution in [0.2, 0.25) is 0 Å². The molecule has 0 amide bonds. The SMILES string of the molecule is O=S1(=O)CC[C@H](CO)[C@@H](O)CC1. The highest BCUT2D eigenvalue weighted by molar-refractivity contribution is 7.91. The third kappa shape index (κ3) is 2.43. The van der Waals surface area contributed by atoms with Gasteiger partial charge in [-0.05, 0) is 12.8 Å². The number of hydrogen-bond acceptors (Lipinski definition) is 4. The lowest BCUT2D eigenvalue weighted by Gasteiger charge is -2.15. The zero-order valence-corrected chi connectivity index (χ0v) is 7.63. The normalized spacial score (nSPS) is 35.8. The maximum atomic E-state index is 11.1. The van der Waals surface area contributed by atoms with E-state index in [1.807, 2.05) is 0 Å². The van der Waals surface area contributed by atoms with Crippen molar-refractivity contribution in [1.82, 2.24) is 0 Å². The fraction of sp³-hybridized carbons (Fsp3) is 1.00. The van der Waals surface area contributed by atoms with Gasteiger partial charge < -0.3 is 10.2 Å². The van der Waals surface area contributed by atoms with Crippen LogP contribution in [-0.2, 0) is 9.84 Å². The minimum absolute atomic E-state index is 0.0463. The molecule has 1 rings (SSSR count). The number of rotatable bonds is 1. The molecule has 1 heterocycles. The van der Waals surface area contributed by atoms with Crippen LogP contribution >= 0.6 is 0 Å². The molecule has 0 aromatic rings. The van der Waals surface area contributed by atoms with Crippen molar-refractivity contribution >= 4 is 9.84 Å². The molecule has 2 N–H and O–H groups in total. The summed E-state index contributed by atoms with van der Waals surface area (Å²) in [6, 6.07) is 0. The second-order valence-electron chi connectivity index (χ2n) is 3.24. The Morgan fingerprint density at radius 2 is 1.83 bits per heavy atom. The lowest BCUT2D eigenvalue weighted by Crippen LogP contribution is -2.23. The molecule has 1 aliphatic heterocycles. The smallest absolute Gasteiger partial charge is 0.150 e. The van der Waals surface area contributed by atoms with Crippen LogP contribution in [0.1, 0.15) is 12.8 Å². The van der Waals surface area contributed by atoms with Crippen LogP contribution < -0.4 is 0 Å². The van der Waals surface area contributed by atoms with Gasteiger partial charge in [0.05, 0.1) is 17.6 Å². The number of hydrogen-bond donors (Lipinski definition) is 2. The van der Waals surface area contributed by atoms with Crippen molar-refractivity contribution in [2.75, 3.05) is 18.1 Å². The van der Waals surface area contributed by atoms with Gasteiger partial charge in [-0.3, -0.25) is 0 Å². The lowest BCUT2D eigenvalue weighted by atomic mass is 9.99. The van der Waals surface area contributed by atoms with E-state index in [1.54, 1.807) is 0 Å². The molecule has 1 aliphatic rings. The Morgan fingerprint density at radius 3 is 2.42 bits per heavy atom. The molecule has 0 aromatic heterocycles. The molecule has 2 atom stereocenters. The van der Waals surface area contributed by atoms with E-state index in [0.29, 0.717) is 6.42 Å². The third-order valence-electron chi connectivity index (χ3n) is 2.30. The topological polar surface area (TPSA) is 74.6 Å². The van der Waals surface area contributed by atoms with Crippen LogP contribution in [0.15, 0.2) is 0 Å². The molecular weight excluding hydrogens is 180 g/mol. The first-order valence-electron chi connectivity index (χ1n) is 4.04. The summed E-state index contributed by atoms with van der Waals surface area (Å²) in [6.45, 7) is -0.128. The summed E-state index contributed by atoms with van der Waals surface area (Å²) in [6.07, 6.45) is -0.0274. The highest BCUT2D eigenvalue weighted by Gasteiger charge is 2.27. The number of aliphatic hydroxyl groups is 2. The molecule has 0 saturated carbocycles. The zero-order chi connectivity index (χ0) is 9.19. The van der Waals surface area contributed by atoms with Gasteiger partial charge in [0.1, 0.15) is 9.84 Å². The summed E-state index contributed by atoms with van der Waals surface area (Å²) < 4.78 is 22.2. The molecular formula is C7H14O4S. The average Bonchev–Trinajstić information content (AvgIpc) is 2.13. The van der Waals surface area contributed by atoms with E-state index >= 15 is 0 Å². The number of aliphatic hydroxyl groups excluding tert-OH is 2. The van der Waals surface area contributed by atoms with E-state index in [2.05, 4.69) is 0 Å². The second-order valence-corrected chi connectivity index (χ2v) is 5.54. The highest BCUT2D eigenvalue weighted by atomic mass is 32.2. The Kier molecular flexibility index (Phi) is 3.09. The van der Waals surface area contributed by atoms with Crippen molar-refractivity contribution in [3.63, 3.8) is 0 Å².